The van der Waals surface area contributed by atoms with Crippen molar-refractivity contribution in [3.8, 4) is 0 Å². The molecule has 9 heteroatoms. The molecule has 0 unspecified atom stereocenters. The van der Waals surface area contributed by atoms with Crippen molar-refractivity contribution in [2.24, 2.45) is 0 Å². The molecule has 0 aliphatic carbocycles. The van der Waals surface area contributed by atoms with Crippen LogP contribution in [0, 0.1) is 11.6 Å². The summed E-state index contributed by atoms with van der Waals surface area (Å²) in [6, 6.07) is 9.09. The first-order valence-corrected chi connectivity index (χ1v) is 9.61. The molecule has 0 radical (unpaired) electrons. The van der Waals surface area contributed by atoms with Gasteiger partial charge in [-0.2, -0.15) is 4.31 Å². The number of carbonyl (C=O) groups is 1. The lowest BCUT2D eigenvalue weighted by molar-refractivity contribution is 0.0698. The molecule has 0 saturated carbocycles. The van der Waals surface area contributed by atoms with Gasteiger partial charge in [-0.05, 0) is 30.3 Å². The van der Waals surface area contributed by atoms with Crippen LogP contribution in [0.15, 0.2) is 47.4 Å². The van der Waals surface area contributed by atoms with E-state index in [0.29, 0.717) is 16.7 Å². The van der Waals surface area contributed by atoms with Crippen LogP contribution >= 0.6 is 11.6 Å². The van der Waals surface area contributed by atoms with Crippen molar-refractivity contribution in [2.75, 3.05) is 26.2 Å². The number of carbonyl (C=O) groups excluding carboxylic acids is 1. The van der Waals surface area contributed by atoms with Crippen LogP contribution in [0.2, 0.25) is 5.02 Å². The minimum absolute atomic E-state index is 0.0531. The van der Waals surface area contributed by atoms with E-state index in [1.165, 1.54) is 4.90 Å². The number of hydrogen-bond donors (Lipinski definition) is 0. The van der Waals surface area contributed by atoms with Gasteiger partial charge in [-0.1, -0.05) is 23.7 Å². The van der Waals surface area contributed by atoms with Crippen LogP contribution < -0.4 is 0 Å². The third kappa shape index (κ3) is 3.58. The molecule has 0 atom stereocenters. The minimum Gasteiger partial charge on any atom is -0.336 e. The lowest BCUT2D eigenvalue weighted by Crippen LogP contribution is -2.50. The first-order chi connectivity index (χ1) is 12.3. The Morgan fingerprint density at radius 2 is 1.62 bits per heavy atom. The van der Waals surface area contributed by atoms with Crippen molar-refractivity contribution < 1.29 is 22.0 Å². The molecule has 5 nitrogen and oxygen atoms in total. The number of benzene rings is 2. The predicted octanol–water partition coefficient (Wildman–Crippen LogP) is 2.76. The molecule has 1 heterocycles. The van der Waals surface area contributed by atoms with Crippen LogP contribution in [0.25, 0.3) is 0 Å². The fraction of sp³-hybridized carbons (Fsp3) is 0.235. The monoisotopic (exact) mass is 400 g/mol. The molecule has 1 fully saturated rings. The molecule has 0 bridgehead atoms. The zero-order valence-electron chi connectivity index (χ0n) is 13.5. The van der Waals surface area contributed by atoms with Crippen LogP contribution in [0.1, 0.15) is 10.4 Å². The van der Waals surface area contributed by atoms with Gasteiger partial charge in [0.25, 0.3) is 5.91 Å². The summed E-state index contributed by atoms with van der Waals surface area (Å²) in [4.78, 5) is 13.7. The molecule has 0 N–H and O–H groups in total. The van der Waals surface area contributed by atoms with Gasteiger partial charge < -0.3 is 4.90 Å². The fourth-order valence-electron chi connectivity index (χ4n) is 2.72. The van der Waals surface area contributed by atoms with E-state index in [4.69, 9.17) is 11.6 Å². The lowest BCUT2D eigenvalue weighted by atomic mass is 10.2. The summed E-state index contributed by atoms with van der Waals surface area (Å²) < 4.78 is 52.6. The first kappa shape index (κ1) is 18.8. The van der Waals surface area contributed by atoms with Crippen molar-refractivity contribution in [3.05, 3.63) is 64.7 Å². The highest BCUT2D eigenvalue weighted by atomic mass is 35.5. The van der Waals surface area contributed by atoms with Crippen molar-refractivity contribution in [3.63, 3.8) is 0 Å². The summed E-state index contributed by atoms with van der Waals surface area (Å²) in [5, 5.41) is 0.328. The molecule has 2 aromatic rings. The van der Waals surface area contributed by atoms with Gasteiger partial charge in [0.15, 0.2) is 11.6 Å². The van der Waals surface area contributed by atoms with Gasteiger partial charge in [0.2, 0.25) is 10.0 Å². The summed E-state index contributed by atoms with van der Waals surface area (Å²) in [6.45, 7) is 0.453. The highest BCUT2D eigenvalue weighted by Gasteiger charge is 2.31. The normalized spacial score (nSPS) is 15.9. The number of nitrogens with zero attached hydrogens (tertiary/aromatic N) is 2. The standard InChI is InChI=1S/C17H15ClF2N2O3S/c18-14-4-2-1-3-13(14)17(23)21-7-9-22(10-8-21)26(24,25)12-5-6-15(19)16(20)11-12/h1-6,11H,7-10H2. The zero-order valence-corrected chi connectivity index (χ0v) is 15.1. The Balaban J connectivity index is 1.72. The molecular formula is C17H15ClF2N2O3S. The van der Waals surface area contributed by atoms with Gasteiger partial charge >= 0.3 is 0 Å². The quantitative estimate of drug-likeness (QED) is 0.796. The Kier molecular flexibility index (Phi) is 5.27. The number of piperazine rings is 1. The average molecular weight is 401 g/mol. The van der Waals surface area contributed by atoms with Gasteiger partial charge in [-0.3, -0.25) is 4.79 Å². The zero-order chi connectivity index (χ0) is 18.9. The topological polar surface area (TPSA) is 57.7 Å². The molecule has 1 aliphatic rings. The summed E-state index contributed by atoms with van der Waals surface area (Å²) in [7, 11) is -3.96. The average Bonchev–Trinajstić information content (AvgIpc) is 2.64. The second-order valence-corrected chi connectivity index (χ2v) is 8.10. The van der Waals surface area contributed by atoms with Crippen molar-refractivity contribution in [2.45, 2.75) is 4.90 Å². The van der Waals surface area contributed by atoms with E-state index in [1.54, 1.807) is 24.3 Å². The highest BCUT2D eigenvalue weighted by Crippen LogP contribution is 2.22. The fourth-order valence-corrected chi connectivity index (χ4v) is 4.37. The van der Waals surface area contributed by atoms with E-state index in [1.807, 2.05) is 0 Å². The Morgan fingerprint density at radius 3 is 2.23 bits per heavy atom. The highest BCUT2D eigenvalue weighted by molar-refractivity contribution is 7.89. The largest absolute Gasteiger partial charge is 0.336 e. The number of halogens is 3. The van der Waals surface area contributed by atoms with E-state index >= 15 is 0 Å². The van der Waals surface area contributed by atoms with Crippen molar-refractivity contribution in [1.29, 1.82) is 0 Å². The number of hydrogen-bond acceptors (Lipinski definition) is 3. The second-order valence-electron chi connectivity index (χ2n) is 5.75. The van der Waals surface area contributed by atoms with E-state index in [2.05, 4.69) is 0 Å². The molecule has 1 amide bonds. The van der Waals surface area contributed by atoms with Gasteiger partial charge in [-0.25, -0.2) is 17.2 Å². The van der Waals surface area contributed by atoms with Gasteiger partial charge in [-0.15, -0.1) is 0 Å². The molecule has 0 spiro atoms. The Morgan fingerprint density at radius 1 is 0.962 bits per heavy atom. The minimum atomic E-state index is -3.96. The lowest BCUT2D eigenvalue weighted by Gasteiger charge is -2.34. The molecular weight excluding hydrogens is 386 g/mol. The molecule has 2 aromatic carbocycles. The third-order valence-electron chi connectivity index (χ3n) is 4.16. The van der Waals surface area contributed by atoms with Gasteiger partial charge in [0.05, 0.1) is 15.5 Å². The smallest absolute Gasteiger partial charge is 0.255 e. The van der Waals surface area contributed by atoms with E-state index < -0.39 is 21.7 Å². The summed E-state index contributed by atoms with van der Waals surface area (Å²) >= 11 is 6.03. The van der Waals surface area contributed by atoms with Crippen LogP contribution in [-0.4, -0.2) is 49.7 Å². The first-order valence-electron chi connectivity index (χ1n) is 7.80. The molecule has 1 aliphatic heterocycles. The third-order valence-corrected chi connectivity index (χ3v) is 6.38. The Bertz CT molecular complexity index is 945. The van der Waals surface area contributed by atoms with Crippen LogP contribution in [0.4, 0.5) is 8.78 Å². The SMILES string of the molecule is O=C(c1ccccc1Cl)N1CCN(S(=O)(=O)c2ccc(F)c(F)c2)CC1. The summed E-state index contributed by atoms with van der Waals surface area (Å²) in [6.07, 6.45) is 0. The van der Waals surface area contributed by atoms with E-state index in [-0.39, 0.29) is 37.0 Å². The second kappa shape index (κ2) is 7.30. The van der Waals surface area contributed by atoms with Crippen molar-refractivity contribution >= 4 is 27.5 Å². The maximum atomic E-state index is 13.3. The Labute approximate surface area is 154 Å². The van der Waals surface area contributed by atoms with E-state index in [0.717, 1.165) is 16.4 Å². The van der Waals surface area contributed by atoms with Crippen LogP contribution in [0.3, 0.4) is 0 Å². The maximum absolute atomic E-state index is 13.3. The van der Waals surface area contributed by atoms with E-state index in [9.17, 15) is 22.0 Å². The predicted molar refractivity (Wildman–Crippen MR) is 92.5 cm³/mol. The summed E-state index contributed by atoms with van der Waals surface area (Å²) in [5.74, 6) is -2.61. The van der Waals surface area contributed by atoms with Gasteiger partial charge in [0.1, 0.15) is 0 Å². The molecule has 1 saturated heterocycles. The van der Waals surface area contributed by atoms with Gasteiger partial charge in [0, 0.05) is 26.2 Å². The number of amides is 1. The Hall–Kier alpha value is -2.03. The van der Waals surface area contributed by atoms with Crippen molar-refractivity contribution in [1.82, 2.24) is 9.21 Å². The number of rotatable bonds is 3. The molecule has 0 aromatic heterocycles. The van der Waals surface area contributed by atoms with Crippen LogP contribution in [0.5, 0.6) is 0 Å². The molecule has 3 rings (SSSR count). The van der Waals surface area contributed by atoms with Crippen LogP contribution in [-0.2, 0) is 10.0 Å². The number of sulfonamides is 1. The maximum Gasteiger partial charge on any atom is 0.255 e. The molecule has 26 heavy (non-hydrogen) atoms. The molecule has 138 valence electrons. The summed E-state index contributed by atoms with van der Waals surface area (Å²) in [5.41, 5.74) is 0.353.